The number of rotatable bonds is 5. The Morgan fingerprint density at radius 2 is 2.10 bits per heavy atom. The van der Waals surface area contributed by atoms with Gasteiger partial charge in [0.1, 0.15) is 5.58 Å². The average Bonchev–Trinajstić information content (AvgIpc) is 2.46. The van der Waals surface area contributed by atoms with Gasteiger partial charge in [0.05, 0.1) is 5.92 Å². The lowest BCUT2D eigenvalue weighted by Gasteiger charge is -2.14. The van der Waals surface area contributed by atoms with Crippen LogP contribution in [0, 0.1) is 0 Å². The van der Waals surface area contributed by atoms with E-state index in [1.807, 2.05) is 12.1 Å². The van der Waals surface area contributed by atoms with E-state index in [1.54, 1.807) is 12.1 Å². The van der Waals surface area contributed by atoms with Crippen LogP contribution in [0.5, 0.6) is 0 Å². The Balaban J connectivity index is 2.41. The summed E-state index contributed by atoms with van der Waals surface area (Å²) in [7, 11) is 0. The number of hydrogen-bond donors (Lipinski definition) is 0. The van der Waals surface area contributed by atoms with Gasteiger partial charge >= 0.3 is 11.6 Å². The lowest BCUT2D eigenvalue weighted by atomic mass is 9.93. The van der Waals surface area contributed by atoms with Gasteiger partial charge in [-0.25, -0.2) is 4.79 Å². The molecule has 1 heterocycles. The molecule has 4 nitrogen and oxygen atoms in total. The molecule has 0 aliphatic heterocycles. The molecule has 0 aliphatic rings. The van der Waals surface area contributed by atoms with Gasteiger partial charge in [-0.15, -0.1) is 0 Å². The van der Waals surface area contributed by atoms with Gasteiger partial charge in [-0.05, 0) is 24.1 Å². The van der Waals surface area contributed by atoms with Crippen molar-refractivity contribution in [1.82, 2.24) is 0 Å². The first-order chi connectivity index (χ1) is 9.65. The predicted octanol–water partition coefficient (Wildman–Crippen LogP) is 3.92. The van der Waals surface area contributed by atoms with Crippen molar-refractivity contribution in [2.45, 2.75) is 32.1 Å². The molecule has 1 aromatic heterocycles. The molecule has 20 heavy (non-hydrogen) atoms. The smallest absolute Gasteiger partial charge is 0.336 e. The maximum absolute atomic E-state index is 11.9. The summed E-state index contributed by atoms with van der Waals surface area (Å²) in [5, 5.41) is 0.829. The van der Waals surface area contributed by atoms with Crippen LogP contribution in [0.1, 0.15) is 37.7 Å². The minimum atomic E-state index is -0.400. The fourth-order valence-corrected chi connectivity index (χ4v) is 2.40. The quantitative estimate of drug-likeness (QED) is 0.775. The first-order valence-electron chi connectivity index (χ1n) is 6.52. The molecule has 0 amide bonds. The van der Waals surface area contributed by atoms with E-state index in [0.717, 1.165) is 23.8 Å². The van der Waals surface area contributed by atoms with Gasteiger partial charge in [-0.2, -0.15) is 0 Å². The number of carbonyl (C=O) groups excluding carboxylic acids is 1. The van der Waals surface area contributed by atoms with Gasteiger partial charge in [-0.1, -0.05) is 31.9 Å². The Hall–Kier alpha value is -1.62. The highest BCUT2D eigenvalue weighted by Crippen LogP contribution is 2.27. The molecule has 0 aliphatic carbocycles. The molecule has 1 unspecified atom stereocenters. The summed E-state index contributed by atoms with van der Waals surface area (Å²) in [6.45, 7) is 2.07. The molecule has 0 spiro atoms. The summed E-state index contributed by atoms with van der Waals surface area (Å²) in [5.74, 6) is -0.694. The van der Waals surface area contributed by atoms with Crippen molar-refractivity contribution in [3.05, 3.63) is 46.3 Å². The fraction of sp³-hybridized carbons (Fsp3) is 0.333. The first-order valence-corrected chi connectivity index (χ1v) is 7.16. The van der Waals surface area contributed by atoms with Crippen LogP contribution >= 0.6 is 16.3 Å². The molecule has 106 valence electrons. The second-order valence-electron chi connectivity index (χ2n) is 4.64. The molecule has 0 N–H and O–H groups in total. The van der Waals surface area contributed by atoms with Crippen LogP contribution in [-0.4, -0.2) is 5.97 Å². The van der Waals surface area contributed by atoms with Gasteiger partial charge in [-0.3, -0.25) is 4.79 Å². The standard InChI is InChI=1S/C15H15BrO4/c1-2-3-4-12(15(18)20-16)11-6-5-10-7-8-14(17)19-13(10)9-11/h5-9,12H,2-4H2,1H3. The van der Waals surface area contributed by atoms with Crippen LogP contribution in [0.2, 0.25) is 0 Å². The van der Waals surface area contributed by atoms with Gasteiger partial charge in [0.15, 0.2) is 16.3 Å². The SMILES string of the molecule is CCCCC(C(=O)OBr)c1ccc2ccc(=O)oc2c1. The summed E-state index contributed by atoms with van der Waals surface area (Å²) in [6.07, 6.45) is 2.61. The van der Waals surface area contributed by atoms with Crippen molar-refractivity contribution in [3.63, 3.8) is 0 Å². The molecule has 2 rings (SSSR count). The van der Waals surface area contributed by atoms with E-state index >= 15 is 0 Å². The maximum Gasteiger partial charge on any atom is 0.336 e. The van der Waals surface area contributed by atoms with Gasteiger partial charge in [0.25, 0.3) is 0 Å². The van der Waals surface area contributed by atoms with Crippen molar-refractivity contribution in [1.29, 1.82) is 0 Å². The van der Waals surface area contributed by atoms with Gasteiger partial charge in [0.2, 0.25) is 0 Å². The molecule has 0 saturated heterocycles. The largest absolute Gasteiger partial charge is 0.423 e. The molecule has 1 atom stereocenters. The number of hydrogen-bond acceptors (Lipinski definition) is 4. The Bertz CT molecular complexity index is 662. The molecule has 0 bridgehead atoms. The minimum Gasteiger partial charge on any atom is -0.423 e. The molecule has 5 heteroatoms. The van der Waals surface area contributed by atoms with Crippen LogP contribution in [0.3, 0.4) is 0 Å². The van der Waals surface area contributed by atoms with E-state index in [1.165, 1.54) is 6.07 Å². The van der Waals surface area contributed by atoms with Crippen LogP contribution in [-0.2, 0) is 8.62 Å². The minimum absolute atomic E-state index is 0.337. The Morgan fingerprint density at radius 3 is 2.80 bits per heavy atom. The van der Waals surface area contributed by atoms with Crippen LogP contribution in [0.4, 0.5) is 0 Å². The topological polar surface area (TPSA) is 56.5 Å². The predicted molar refractivity (Wildman–Crippen MR) is 79.8 cm³/mol. The van der Waals surface area contributed by atoms with Crippen molar-refractivity contribution in [2.75, 3.05) is 0 Å². The second kappa shape index (κ2) is 6.70. The summed E-state index contributed by atoms with van der Waals surface area (Å²) >= 11 is 2.74. The van der Waals surface area contributed by atoms with Crippen molar-refractivity contribution < 1.29 is 13.0 Å². The number of benzene rings is 1. The Labute approximate surface area is 125 Å². The molecule has 0 radical (unpaired) electrons. The van der Waals surface area contributed by atoms with Gasteiger partial charge in [0, 0.05) is 11.5 Å². The van der Waals surface area contributed by atoms with E-state index < -0.39 is 5.63 Å². The van der Waals surface area contributed by atoms with E-state index in [4.69, 9.17) is 4.42 Å². The zero-order valence-corrected chi connectivity index (χ0v) is 12.7. The normalized spacial score (nSPS) is 12.3. The molecule has 2 aromatic rings. The van der Waals surface area contributed by atoms with E-state index in [-0.39, 0.29) is 11.9 Å². The van der Waals surface area contributed by atoms with E-state index in [9.17, 15) is 9.59 Å². The summed E-state index contributed by atoms with van der Waals surface area (Å²) in [5.41, 5.74) is 0.881. The number of carbonyl (C=O) groups is 1. The maximum atomic E-state index is 11.9. The highest BCUT2D eigenvalue weighted by atomic mass is 79.9. The molecule has 0 saturated carbocycles. The molecule has 0 fully saturated rings. The van der Waals surface area contributed by atoms with Crippen molar-refractivity contribution in [2.24, 2.45) is 0 Å². The molecule has 1 aromatic carbocycles. The average molecular weight is 339 g/mol. The molecular formula is C15H15BrO4. The monoisotopic (exact) mass is 338 g/mol. The number of halogens is 1. The van der Waals surface area contributed by atoms with Crippen molar-refractivity contribution in [3.8, 4) is 0 Å². The third-order valence-corrected chi connectivity index (χ3v) is 3.58. The zero-order valence-electron chi connectivity index (χ0n) is 11.1. The van der Waals surface area contributed by atoms with Gasteiger partial charge < -0.3 is 8.25 Å². The summed E-state index contributed by atoms with van der Waals surface area (Å²) < 4.78 is 9.83. The number of fused-ring (bicyclic) bond motifs is 1. The lowest BCUT2D eigenvalue weighted by Crippen LogP contribution is -2.12. The van der Waals surface area contributed by atoms with E-state index in [2.05, 4.69) is 27.0 Å². The Morgan fingerprint density at radius 1 is 1.35 bits per heavy atom. The third kappa shape index (κ3) is 3.28. The van der Waals surface area contributed by atoms with Crippen LogP contribution in [0.15, 0.2) is 39.5 Å². The highest BCUT2D eigenvalue weighted by molar-refractivity contribution is 9.06. The lowest BCUT2D eigenvalue weighted by molar-refractivity contribution is -0.134. The zero-order chi connectivity index (χ0) is 14.5. The van der Waals surface area contributed by atoms with Crippen molar-refractivity contribution >= 4 is 33.2 Å². The fourth-order valence-electron chi connectivity index (χ4n) is 2.18. The number of unbranched alkanes of at least 4 members (excludes halogenated alkanes) is 1. The van der Waals surface area contributed by atoms with Crippen LogP contribution in [0.25, 0.3) is 11.0 Å². The van der Waals surface area contributed by atoms with E-state index in [0.29, 0.717) is 12.0 Å². The molecular weight excluding hydrogens is 324 g/mol. The first kappa shape index (κ1) is 14.8. The van der Waals surface area contributed by atoms with Crippen LogP contribution < -0.4 is 5.63 Å². The highest BCUT2D eigenvalue weighted by Gasteiger charge is 2.22. The third-order valence-electron chi connectivity index (χ3n) is 3.26. The second-order valence-corrected chi connectivity index (χ2v) is 4.97. The summed E-state index contributed by atoms with van der Waals surface area (Å²) in [6, 6.07) is 8.53. The Kier molecular flexibility index (Phi) is 4.95. The summed E-state index contributed by atoms with van der Waals surface area (Å²) in [4.78, 5) is 23.1.